The van der Waals surface area contributed by atoms with Gasteiger partial charge in [0.2, 0.25) is 0 Å². The summed E-state index contributed by atoms with van der Waals surface area (Å²) in [6.07, 6.45) is 3.44. The second-order valence-electron chi connectivity index (χ2n) is 7.29. The number of hydrogen-bond acceptors (Lipinski definition) is 9. The van der Waals surface area contributed by atoms with Gasteiger partial charge in [-0.1, -0.05) is 13.8 Å². The number of fused-ring (bicyclic) bond motifs is 1. The molecule has 0 unspecified atom stereocenters. The van der Waals surface area contributed by atoms with Crippen LogP contribution in [0, 0.1) is 6.92 Å². The van der Waals surface area contributed by atoms with Crippen molar-refractivity contribution >= 4 is 42.6 Å². The molecule has 0 saturated carbocycles. The molecule has 0 aromatic carbocycles. The zero-order valence-electron chi connectivity index (χ0n) is 17.7. The van der Waals surface area contributed by atoms with Crippen LogP contribution in [0.4, 0.5) is 0 Å². The fraction of sp³-hybridized carbons (Fsp3) is 0.444. The molecule has 0 spiro atoms. The lowest BCUT2D eigenvalue weighted by Crippen LogP contribution is -2.10. The molecule has 10 nitrogen and oxygen atoms in total. The first-order chi connectivity index (χ1) is 14.3. The van der Waals surface area contributed by atoms with E-state index in [1.165, 1.54) is 10.6 Å². The van der Waals surface area contributed by atoms with Gasteiger partial charge in [0.1, 0.15) is 5.69 Å². The van der Waals surface area contributed by atoms with Crippen molar-refractivity contribution in [2.45, 2.75) is 49.6 Å². The van der Waals surface area contributed by atoms with Gasteiger partial charge < -0.3 is 5.73 Å². The number of thiazole rings is 1. The third-order valence-electron chi connectivity index (χ3n) is 4.94. The Balaban J connectivity index is 2.57. The van der Waals surface area contributed by atoms with Crippen LogP contribution in [0.15, 0.2) is 16.1 Å². The van der Waals surface area contributed by atoms with Gasteiger partial charge in [-0.3, -0.25) is 4.79 Å². The highest BCUT2D eigenvalue weighted by molar-refractivity contribution is 7.91. The minimum atomic E-state index is -3.83. The number of primary amides is 1. The number of amides is 1. The molecule has 0 fully saturated rings. The number of nitrogens with zero attached hydrogens (tertiary/aromatic N) is 4. The summed E-state index contributed by atoms with van der Waals surface area (Å²) >= 11 is 0.909. The van der Waals surface area contributed by atoms with E-state index in [2.05, 4.69) is 15.1 Å². The number of carbonyl (C=O) groups excluding carboxylic acids is 1. The van der Waals surface area contributed by atoms with Crippen LogP contribution in [0.1, 0.15) is 53.7 Å². The van der Waals surface area contributed by atoms with Crippen LogP contribution in [-0.2, 0) is 19.7 Å². The molecule has 1 amide bonds. The van der Waals surface area contributed by atoms with Crippen LogP contribution in [-0.4, -0.2) is 54.8 Å². The molecule has 0 saturated heterocycles. The van der Waals surface area contributed by atoms with Crippen LogP contribution in [0.2, 0.25) is 0 Å². The average Bonchev–Trinajstić information content (AvgIpc) is 3.22. The van der Waals surface area contributed by atoms with Gasteiger partial charge in [0, 0.05) is 18.1 Å². The SMILES string of the molecule is CCC(CC)c1cc(S(C)(=O)=O)nn2c(-c3sc(C(N)=O)nc3C)c(S(C)(=O)=O)nc12. The van der Waals surface area contributed by atoms with E-state index < -0.39 is 25.6 Å². The second-order valence-corrected chi connectivity index (χ2v) is 12.2. The third-order valence-corrected chi connectivity index (χ3v) is 8.06. The zero-order valence-corrected chi connectivity index (χ0v) is 20.2. The Morgan fingerprint density at radius 3 is 2.19 bits per heavy atom. The standard InChI is InChI=1S/C18H23N5O5S3/c1-6-10(7-2)11-8-12(30(4,25)26)22-23-13(18(21-16(11)23)31(5,27)28)14-9(3)20-17(29-14)15(19)24/h8,10H,6-7H2,1-5H3,(H2,19,24). The topological polar surface area (TPSA) is 154 Å². The molecule has 0 atom stereocenters. The highest BCUT2D eigenvalue weighted by Crippen LogP contribution is 2.37. The van der Waals surface area contributed by atoms with Crippen LogP contribution in [0.5, 0.6) is 0 Å². The van der Waals surface area contributed by atoms with Crippen molar-refractivity contribution in [1.82, 2.24) is 19.6 Å². The Labute approximate surface area is 184 Å². The molecule has 0 bridgehead atoms. The summed E-state index contributed by atoms with van der Waals surface area (Å²) in [5.41, 5.74) is 6.62. The number of aryl methyl sites for hydroxylation is 1. The molecule has 3 heterocycles. The van der Waals surface area contributed by atoms with E-state index in [9.17, 15) is 21.6 Å². The summed E-state index contributed by atoms with van der Waals surface area (Å²) in [4.78, 5) is 20.4. The molecule has 0 radical (unpaired) electrons. The number of carbonyl (C=O) groups is 1. The first kappa shape index (κ1) is 23.3. The van der Waals surface area contributed by atoms with E-state index in [-0.39, 0.29) is 32.3 Å². The van der Waals surface area contributed by atoms with Crippen molar-refractivity contribution in [2.24, 2.45) is 5.73 Å². The number of hydrogen-bond donors (Lipinski definition) is 1. The lowest BCUT2D eigenvalue weighted by atomic mass is 9.95. The molecular formula is C18H23N5O5S3. The Morgan fingerprint density at radius 1 is 1.13 bits per heavy atom. The summed E-state index contributed by atoms with van der Waals surface area (Å²) < 4.78 is 51.2. The monoisotopic (exact) mass is 485 g/mol. The van der Waals surface area contributed by atoms with E-state index >= 15 is 0 Å². The first-order valence-corrected chi connectivity index (χ1v) is 14.0. The van der Waals surface area contributed by atoms with Crippen molar-refractivity contribution in [3.05, 3.63) is 22.3 Å². The van der Waals surface area contributed by atoms with Crippen LogP contribution < -0.4 is 5.73 Å². The predicted molar refractivity (Wildman–Crippen MR) is 117 cm³/mol. The predicted octanol–water partition coefficient (Wildman–Crippen LogP) is 1.97. The highest BCUT2D eigenvalue weighted by Gasteiger charge is 2.30. The molecule has 0 aliphatic rings. The third kappa shape index (κ3) is 4.21. The van der Waals surface area contributed by atoms with Crippen LogP contribution >= 0.6 is 11.3 Å². The van der Waals surface area contributed by atoms with E-state index in [1.807, 2.05) is 13.8 Å². The summed E-state index contributed by atoms with van der Waals surface area (Å²) in [7, 11) is -7.54. The Morgan fingerprint density at radius 2 is 1.74 bits per heavy atom. The van der Waals surface area contributed by atoms with Crippen molar-refractivity contribution in [1.29, 1.82) is 0 Å². The Bertz CT molecular complexity index is 1400. The lowest BCUT2D eigenvalue weighted by molar-refractivity contribution is 0.0999. The van der Waals surface area contributed by atoms with Crippen LogP contribution in [0.25, 0.3) is 16.2 Å². The Hall–Kier alpha value is -2.38. The normalized spacial score (nSPS) is 12.7. The van der Waals surface area contributed by atoms with Crippen molar-refractivity contribution < 1.29 is 21.6 Å². The van der Waals surface area contributed by atoms with E-state index in [0.717, 1.165) is 23.8 Å². The van der Waals surface area contributed by atoms with Crippen molar-refractivity contribution in [2.75, 3.05) is 12.5 Å². The van der Waals surface area contributed by atoms with Crippen molar-refractivity contribution in [3.8, 4) is 10.6 Å². The van der Waals surface area contributed by atoms with Gasteiger partial charge in [0.05, 0.1) is 10.6 Å². The van der Waals surface area contributed by atoms with E-state index in [0.29, 0.717) is 29.0 Å². The summed E-state index contributed by atoms with van der Waals surface area (Å²) in [5.74, 6) is -0.811. The first-order valence-electron chi connectivity index (χ1n) is 9.40. The molecule has 3 aromatic heterocycles. The summed E-state index contributed by atoms with van der Waals surface area (Å²) in [6.45, 7) is 5.52. The molecule has 2 N–H and O–H groups in total. The van der Waals surface area contributed by atoms with Crippen molar-refractivity contribution in [3.63, 3.8) is 0 Å². The fourth-order valence-corrected chi connectivity index (χ4v) is 5.76. The molecule has 31 heavy (non-hydrogen) atoms. The van der Waals surface area contributed by atoms with E-state index in [4.69, 9.17) is 5.73 Å². The maximum atomic E-state index is 12.6. The van der Waals surface area contributed by atoms with Gasteiger partial charge in [-0.05, 0) is 31.7 Å². The summed E-state index contributed by atoms with van der Waals surface area (Å²) in [5, 5.41) is 3.77. The van der Waals surface area contributed by atoms with Gasteiger partial charge in [-0.25, -0.2) is 31.3 Å². The maximum absolute atomic E-state index is 12.6. The largest absolute Gasteiger partial charge is 0.364 e. The van der Waals surface area contributed by atoms with Crippen LogP contribution in [0.3, 0.4) is 0 Å². The van der Waals surface area contributed by atoms with Gasteiger partial charge in [0.25, 0.3) is 5.91 Å². The van der Waals surface area contributed by atoms with Gasteiger partial charge in [-0.2, -0.15) is 5.10 Å². The minimum absolute atomic E-state index is 0.00128. The molecule has 0 aliphatic carbocycles. The molecule has 13 heteroatoms. The fourth-order valence-electron chi connectivity index (χ4n) is 3.39. The number of rotatable bonds is 7. The smallest absolute Gasteiger partial charge is 0.277 e. The average molecular weight is 486 g/mol. The van der Waals surface area contributed by atoms with Gasteiger partial charge in [-0.15, -0.1) is 11.3 Å². The second kappa shape index (κ2) is 7.95. The zero-order chi connectivity index (χ0) is 23.3. The summed E-state index contributed by atoms with van der Waals surface area (Å²) in [6, 6.07) is 1.46. The highest BCUT2D eigenvalue weighted by atomic mass is 32.2. The molecule has 168 valence electrons. The molecular weight excluding hydrogens is 462 g/mol. The quantitative estimate of drug-likeness (QED) is 0.532. The lowest BCUT2D eigenvalue weighted by Gasteiger charge is -2.15. The Kier molecular flexibility index (Phi) is 5.97. The number of imidazole rings is 1. The number of sulfone groups is 2. The van der Waals surface area contributed by atoms with Gasteiger partial charge >= 0.3 is 0 Å². The molecule has 3 rings (SSSR count). The number of aromatic nitrogens is 4. The van der Waals surface area contributed by atoms with Gasteiger partial charge in [0.15, 0.2) is 40.4 Å². The maximum Gasteiger partial charge on any atom is 0.277 e. The molecule has 3 aromatic rings. The minimum Gasteiger partial charge on any atom is -0.364 e. The number of nitrogens with two attached hydrogens (primary N) is 1. The molecule has 0 aliphatic heterocycles. The van der Waals surface area contributed by atoms with E-state index in [1.54, 1.807) is 6.92 Å².